The minimum Gasteiger partial charge on any atom is -0.466 e. The smallest absolute Gasteiger partial charge is 0.306 e. The van der Waals surface area contributed by atoms with E-state index in [0.717, 1.165) is 19.3 Å². The van der Waals surface area contributed by atoms with E-state index in [9.17, 15) is 9.59 Å². The molecule has 94 valence electrons. The monoisotopic (exact) mass is 231 g/mol. The Kier molecular flexibility index (Phi) is 9.70. The van der Waals surface area contributed by atoms with Gasteiger partial charge in [-0.05, 0) is 32.7 Å². The second kappa shape index (κ2) is 10.4. The lowest BCUT2D eigenvalue weighted by molar-refractivity contribution is -0.150. The van der Waals surface area contributed by atoms with Crippen molar-refractivity contribution in [3.8, 4) is 0 Å². The molecule has 16 heavy (non-hydrogen) atoms. The summed E-state index contributed by atoms with van der Waals surface area (Å²) in [6, 6.07) is 0. The van der Waals surface area contributed by atoms with Crippen LogP contribution in [0.3, 0.4) is 0 Å². The Morgan fingerprint density at radius 2 is 1.62 bits per heavy atom. The maximum Gasteiger partial charge on any atom is 0.306 e. The highest BCUT2D eigenvalue weighted by Gasteiger charge is 2.07. The first-order valence-electron chi connectivity index (χ1n) is 5.72. The zero-order chi connectivity index (χ0) is 12.2. The lowest BCUT2D eigenvalue weighted by Gasteiger charge is -2.04. The predicted octanol–water partition coefficient (Wildman–Crippen LogP) is 1.00. The summed E-state index contributed by atoms with van der Waals surface area (Å²) < 4.78 is 9.62. The molecule has 0 bridgehead atoms. The van der Waals surface area contributed by atoms with Crippen molar-refractivity contribution >= 4 is 11.9 Å². The van der Waals surface area contributed by atoms with Crippen LogP contribution < -0.4 is 5.73 Å². The maximum atomic E-state index is 11.1. The summed E-state index contributed by atoms with van der Waals surface area (Å²) in [4.78, 5) is 22.0. The molecule has 0 saturated carbocycles. The summed E-state index contributed by atoms with van der Waals surface area (Å²) in [5.74, 6) is -0.705. The molecule has 0 heterocycles. The third kappa shape index (κ3) is 9.45. The summed E-state index contributed by atoms with van der Waals surface area (Å²) in [7, 11) is 0. The molecule has 0 rings (SSSR count). The van der Waals surface area contributed by atoms with E-state index in [4.69, 9.17) is 10.5 Å². The molecule has 0 aromatic heterocycles. The second-order valence-corrected chi connectivity index (χ2v) is 3.37. The van der Waals surface area contributed by atoms with Gasteiger partial charge < -0.3 is 15.2 Å². The Morgan fingerprint density at radius 1 is 1.00 bits per heavy atom. The first-order chi connectivity index (χ1) is 7.70. The van der Waals surface area contributed by atoms with Crippen molar-refractivity contribution in [2.24, 2.45) is 5.73 Å². The quantitative estimate of drug-likeness (QED) is 0.473. The number of unbranched alkanes of at least 4 members (excludes halogenated alkanes) is 2. The Balaban J connectivity index is 3.34. The Hall–Kier alpha value is -1.10. The van der Waals surface area contributed by atoms with E-state index in [1.54, 1.807) is 6.92 Å². The van der Waals surface area contributed by atoms with Gasteiger partial charge in [0.1, 0.15) is 0 Å². The molecule has 0 spiro atoms. The fourth-order valence-corrected chi connectivity index (χ4v) is 1.12. The minimum absolute atomic E-state index is 0.0927. The van der Waals surface area contributed by atoms with E-state index in [-0.39, 0.29) is 24.8 Å². The van der Waals surface area contributed by atoms with Crippen LogP contribution in [0.25, 0.3) is 0 Å². The molecular formula is C11H21NO4. The molecule has 0 unspecified atom stereocenters. The average molecular weight is 231 g/mol. The van der Waals surface area contributed by atoms with Crippen molar-refractivity contribution < 1.29 is 19.1 Å². The highest BCUT2D eigenvalue weighted by molar-refractivity contribution is 5.77. The Morgan fingerprint density at radius 3 is 2.19 bits per heavy atom. The molecule has 5 heteroatoms. The van der Waals surface area contributed by atoms with E-state index in [0.29, 0.717) is 19.8 Å². The Labute approximate surface area is 96.3 Å². The fourth-order valence-electron chi connectivity index (χ4n) is 1.12. The Bertz CT molecular complexity index is 206. The molecule has 0 aromatic rings. The predicted molar refractivity (Wildman–Crippen MR) is 59.7 cm³/mol. The van der Waals surface area contributed by atoms with Crippen LogP contribution in [-0.4, -0.2) is 31.7 Å². The van der Waals surface area contributed by atoms with Gasteiger partial charge in [-0.3, -0.25) is 9.59 Å². The number of hydrogen-bond donors (Lipinski definition) is 1. The summed E-state index contributed by atoms with van der Waals surface area (Å²) in [6.45, 7) is 3.14. The average Bonchev–Trinajstić information content (AvgIpc) is 2.26. The summed E-state index contributed by atoms with van der Waals surface area (Å²) in [6.07, 6.45) is 2.91. The van der Waals surface area contributed by atoms with Crippen LogP contribution in [0.5, 0.6) is 0 Å². The van der Waals surface area contributed by atoms with Crippen LogP contribution in [0.2, 0.25) is 0 Å². The SMILES string of the molecule is CCOC(=O)CCC(=O)OCCCCCN. The first-order valence-corrected chi connectivity index (χ1v) is 5.72. The van der Waals surface area contributed by atoms with Gasteiger partial charge in [-0.15, -0.1) is 0 Å². The number of carbonyl (C=O) groups excluding carboxylic acids is 2. The largest absolute Gasteiger partial charge is 0.466 e. The van der Waals surface area contributed by atoms with Gasteiger partial charge in [0.25, 0.3) is 0 Å². The lowest BCUT2D eigenvalue weighted by atomic mass is 10.2. The van der Waals surface area contributed by atoms with Gasteiger partial charge in [0.2, 0.25) is 0 Å². The topological polar surface area (TPSA) is 78.6 Å². The van der Waals surface area contributed by atoms with Gasteiger partial charge in [-0.2, -0.15) is 0 Å². The number of ether oxygens (including phenoxy) is 2. The molecule has 0 atom stereocenters. The van der Waals surface area contributed by atoms with Crippen molar-refractivity contribution in [1.29, 1.82) is 0 Å². The molecule has 0 fully saturated rings. The van der Waals surface area contributed by atoms with Gasteiger partial charge in [0.15, 0.2) is 0 Å². The van der Waals surface area contributed by atoms with E-state index in [1.165, 1.54) is 0 Å². The van der Waals surface area contributed by atoms with Crippen molar-refractivity contribution in [3.63, 3.8) is 0 Å². The number of rotatable bonds is 9. The van der Waals surface area contributed by atoms with E-state index in [2.05, 4.69) is 4.74 Å². The van der Waals surface area contributed by atoms with Crippen molar-refractivity contribution in [1.82, 2.24) is 0 Å². The molecule has 0 amide bonds. The molecule has 0 aliphatic rings. The van der Waals surface area contributed by atoms with E-state index in [1.807, 2.05) is 0 Å². The zero-order valence-electron chi connectivity index (χ0n) is 9.87. The highest BCUT2D eigenvalue weighted by atomic mass is 16.5. The number of carbonyl (C=O) groups is 2. The third-order valence-corrected chi connectivity index (χ3v) is 1.95. The van der Waals surface area contributed by atoms with Crippen LogP contribution in [-0.2, 0) is 19.1 Å². The van der Waals surface area contributed by atoms with Crippen molar-refractivity contribution in [2.75, 3.05) is 19.8 Å². The summed E-state index contributed by atoms with van der Waals surface area (Å²) in [5.41, 5.74) is 5.32. The van der Waals surface area contributed by atoms with Gasteiger partial charge in [-0.25, -0.2) is 0 Å². The number of esters is 2. The highest BCUT2D eigenvalue weighted by Crippen LogP contribution is 1.99. The van der Waals surface area contributed by atoms with E-state index >= 15 is 0 Å². The standard InChI is InChI=1S/C11H21NO4/c1-2-15-10(13)6-7-11(14)16-9-5-3-4-8-12/h2-9,12H2,1H3. The van der Waals surface area contributed by atoms with Crippen LogP contribution in [0.4, 0.5) is 0 Å². The molecule has 0 aliphatic carbocycles. The third-order valence-electron chi connectivity index (χ3n) is 1.95. The first kappa shape index (κ1) is 14.9. The molecule has 5 nitrogen and oxygen atoms in total. The molecule has 0 saturated heterocycles. The maximum absolute atomic E-state index is 11.1. The summed E-state index contributed by atoms with van der Waals surface area (Å²) >= 11 is 0. The van der Waals surface area contributed by atoms with Crippen LogP contribution >= 0.6 is 0 Å². The number of hydrogen-bond acceptors (Lipinski definition) is 5. The van der Waals surface area contributed by atoms with Crippen LogP contribution in [0, 0.1) is 0 Å². The van der Waals surface area contributed by atoms with Crippen LogP contribution in [0.1, 0.15) is 39.0 Å². The van der Waals surface area contributed by atoms with Crippen molar-refractivity contribution in [2.45, 2.75) is 39.0 Å². The molecular weight excluding hydrogens is 210 g/mol. The number of nitrogens with two attached hydrogens (primary N) is 1. The molecule has 2 N–H and O–H groups in total. The fraction of sp³-hybridized carbons (Fsp3) is 0.818. The molecule has 0 aliphatic heterocycles. The summed E-state index contributed by atoms with van der Waals surface area (Å²) in [5, 5.41) is 0. The molecule has 0 aromatic carbocycles. The van der Waals surface area contributed by atoms with E-state index < -0.39 is 0 Å². The molecule has 0 radical (unpaired) electrons. The van der Waals surface area contributed by atoms with Gasteiger partial charge in [0, 0.05) is 0 Å². The normalized spacial score (nSPS) is 9.88. The zero-order valence-corrected chi connectivity index (χ0v) is 9.87. The second-order valence-electron chi connectivity index (χ2n) is 3.37. The minimum atomic E-state index is -0.359. The van der Waals surface area contributed by atoms with Crippen LogP contribution in [0.15, 0.2) is 0 Å². The van der Waals surface area contributed by atoms with Gasteiger partial charge >= 0.3 is 11.9 Å². The lowest BCUT2D eigenvalue weighted by Crippen LogP contribution is -2.11. The van der Waals surface area contributed by atoms with Gasteiger partial charge in [-0.1, -0.05) is 0 Å². The van der Waals surface area contributed by atoms with Gasteiger partial charge in [0.05, 0.1) is 26.1 Å². The van der Waals surface area contributed by atoms with Crippen molar-refractivity contribution in [3.05, 3.63) is 0 Å².